The molecule has 2 amide bonds. The highest BCUT2D eigenvalue weighted by molar-refractivity contribution is 5.87. The molecule has 2 aliphatic heterocycles. The van der Waals surface area contributed by atoms with Gasteiger partial charge in [-0.05, 0) is 50.3 Å². The van der Waals surface area contributed by atoms with E-state index >= 15 is 0 Å². The number of carboxylic acids is 2. The number of oxime groups is 1. The van der Waals surface area contributed by atoms with Crippen molar-refractivity contribution in [2.45, 2.75) is 63.5 Å². The molecule has 1 aromatic rings. The molecule has 1 saturated heterocycles. The molecule has 2 aliphatic rings. The topological polar surface area (TPSA) is 176 Å². The van der Waals surface area contributed by atoms with Crippen LogP contribution >= 0.6 is 0 Å². The van der Waals surface area contributed by atoms with E-state index in [0.717, 1.165) is 37.2 Å². The molecule has 0 spiro atoms. The summed E-state index contributed by atoms with van der Waals surface area (Å²) < 4.78 is 36.8. The average Bonchev–Trinajstić information content (AvgIpc) is 3.36. The van der Waals surface area contributed by atoms with Crippen molar-refractivity contribution in [1.29, 1.82) is 0 Å². The fourth-order valence-corrected chi connectivity index (χ4v) is 3.89. The SMILES string of the molecule is O=C(CC1CC(CCC2CCNCC2)=NO1)NC[C@H](NC(=O)OCc1ccccc1)C(=O)O.O=C(O)C(F)(F)F. The number of amides is 2. The molecule has 0 saturated carbocycles. The summed E-state index contributed by atoms with van der Waals surface area (Å²) in [5.41, 5.74) is 1.75. The summed E-state index contributed by atoms with van der Waals surface area (Å²) in [6.07, 6.45) is -1.31. The van der Waals surface area contributed by atoms with E-state index in [9.17, 15) is 32.7 Å². The van der Waals surface area contributed by atoms with Crippen molar-refractivity contribution < 1.29 is 52.1 Å². The Morgan fingerprint density at radius 3 is 2.38 bits per heavy atom. The van der Waals surface area contributed by atoms with Gasteiger partial charge in [0.25, 0.3) is 0 Å². The zero-order chi connectivity index (χ0) is 29.5. The summed E-state index contributed by atoms with van der Waals surface area (Å²) in [5.74, 6) is -3.68. The third kappa shape index (κ3) is 12.8. The fourth-order valence-electron chi connectivity index (χ4n) is 3.89. The normalized spacial score (nSPS) is 17.8. The second-order valence-corrected chi connectivity index (χ2v) is 9.23. The second kappa shape index (κ2) is 16.3. The van der Waals surface area contributed by atoms with E-state index in [0.29, 0.717) is 12.3 Å². The first-order valence-corrected chi connectivity index (χ1v) is 12.6. The number of halogens is 3. The van der Waals surface area contributed by atoms with Crippen molar-refractivity contribution in [3.05, 3.63) is 35.9 Å². The number of alkyl carbamates (subject to hydrolysis) is 1. The van der Waals surface area contributed by atoms with Gasteiger partial charge in [0, 0.05) is 13.0 Å². The molecule has 5 N–H and O–H groups in total. The van der Waals surface area contributed by atoms with Gasteiger partial charge < -0.3 is 35.7 Å². The molecule has 1 fully saturated rings. The average molecular weight is 575 g/mol. The lowest BCUT2D eigenvalue weighted by molar-refractivity contribution is -0.192. The van der Waals surface area contributed by atoms with E-state index in [-0.39, 0.29) is 31.6 Å². The molecule has 2 heterocycles. The molecule has 1 unspecified atom stereocenters. The van der Waals surface area contributed by atoms with Crippen LogP contribution in [-0.4, -0.2) is 77.8 Å². The van der Waals surface area contributed by atoms with Gasteiger partial charge in [-0.15, -0.1) is 0 Å². The molecule has 0 aromatic heterocycles. The lowest BCUT2D eigenvalue weighted by Gasteiger charge is -2.22. The largest absolute Gasteiger partial charge is 0.490 e. The predicted octanol–water partition coefficient (Wildman–Crippen LogP) is 2.43. The third-order valence-electron chi connectivity index (χ3n) is 6.06. The summed E-state index contributed by atoms with van der Waals surface area (Å²) in [5, 5.41) is 28.7. The molecule has 1 aromatic carbocycles. The van der Waals surface area contributed by atoms with Crippen LogP contribution in [0.5, 0.6) is 0 Å². The Bertz CT molecular complexity index is 1020. The Hall–Kier alpha value is -3.88. The number of alkyl halides is 3. The molecule has 15 heteroatoms. The zero-order valence-corrected chi connectivity index (χ0v) is 21.6. The van der Waals surface area contributed by atoms with Crippen molar-refractivity contribution >= 4 is 29.7 Å². The fraction of sp³-hybridized carbons (Fsp3) is 0.560. The highest BCUT2D eigenvalue weighted by Crippen LogP contribution is 2.22. The number of piperidine rings is 1. The zero-order valence-electron chi connectivity index (χ0n) is 21.6. The minimum absolute atomic E-state index is 0.0182. The number of carboxylic acid groups (broad SMARTS) is 2. The number of ether oxygens (including phenoxy) is 1. The summed E-state index contributed by atoms with van der Waals surface area (Å²) in [7, 11) is 0. The molecular weight excluding hydrogens is 541 g/mol. The molecule has 222 valence electrons. The van der Waals surface area contributed by atoms with Crippen LogP contribution in [0.15, 0.2) is 35.5 Å². The summed E-state index contributed by atoms with van der Waals surface area (Å²) >= 11 is 0. The number of nitrogens with one attached hydrogen (secondary N) is 3. The Kier molecular flexibility index (Phi) is 13.2. The number of carbonyl (C=O) groups excluding carboxylic acids is 2. The highest BCUT2D eigenvalue weighted by Gasteiger charge is 2.38. The van der Waals surface area contributed by atoms with Crippen LogP contribution in [0.3, 0.4) is 0 Å². The van der Waals surface area contributed by atoms with Crippen LogP contribution in [0.2, 0.25) is 0 Å². The molecule has 3 rings (SSSR count). The summed E-state index contributed by atoms with van der Waals surface area (Å²) in [6, 6.07) is 7.72. The molecular formula is C25H33F3N4O8. The van der Waals surface area contributed by atoms with Gasteiger partial charge in [0.2, 0.25) is 5.91 Å². The minimum Gasteiger partial charge on any atom is -0.480 e. The van der Waals surface area contributed by atoms with Crippen molar-refractivity contribution in [2.75, 3.05) is 19.6 Å². The lowest BCUT2D eigenvalue weighted by Crippen LogP contribution is -2.48. The predicted molar refractivity (Wildman–Crippen MR) is 134 cm³/mol. The maximum atomic E-state index is 12.2. The Labute approximate surface area is 228 Å². The van der Waals surface area contributed by atoms with Crippen LogP contribution in [-0.2, 0) is 30.6 Å². The maximum absolute atomic E-state index is 12.2. The second-order valence-electron chi connectivity index (χ2n) is 9.23. The van der Waals surface area contributed by atoms with Gasteiger partial charge in [-0.25, -0.2) is 14.4 Å². The molecule has 2 atom stereocenters. The third-order valence-corrected chi connectivity index (χ3v) is 6.06. The van der Waals surface area contributed by atoms with Gasteiger partial charge in [-0.2, -0.15) is 13.2 Å². The quantitative estimate of drug-likeness (QED) is 0.266. The first-order valence-electron chi connectivity index (χ1n) is 12.6. The molecule has 0 aliphatic carbocycles. The maximum Gasteiger partial charge on any atom is 0.490 e. The van der Waals surface area contributed by atoms with E-state index in [1.54, 1.807) is 12.1 Å². The number of hydrogen-bond donors (Lipinski definition) is 5. The van der Waals surface area contributed by atoms with Crippen molar-refractivity contribution in [3.63, 3.8) is 0 Å². The van der Waals surface area contributed by atoms with Crippen LogP contribution < -0.4 is 16.0 Å². The Morgan fingerprint density at radius 1 is 1.12 bits per heavy atom. The van der Waals surface area contributed by atoms with Gasteiger partial charge >= 0.3 is 24.2 Å². The minimum atomic E-state index is -5.08. The highest BCUT2D eigenvalue weighted by atomic mass is 19.4. The number of hydrogen-bond acceptors (Lipinski definition) is 8. The van der Waals surface area contributed by atoms with Crippen LogP contribution in [0.1, 0.15) is 44.1 Å². The smallest absolute Gasteiger partial charge is 0.480 e. The number of carbonyl (C=O) groups is 4. The number of aliphatic carboxylic acids is 2. The molecule has 12 nitrogen and oxygen atoms in total. The van der Waals surface area contributed by atoms with Crippen LogP contribution in [0.25, 0.3) is 0 Å². The molecule has 0 bridgehead atoms. The van der Waals surface area contributed by atoms with Gasteiger partial charge in [0.05, 0.1) is 12.1 Å². The van der Waals surface area contributed by atoms with Gasteiger partial charge in [0.1, 0.15) is 18.8 Å². The van der Waals surface area contributed by atoms with Crippen molar-refractivity contribution in [3.8, 4) is 0 Å². The Morgan fingerprint density at radius 2 is 1.77 bits per heavy atom. The molecule has 0 radical (unpaired) electrons. The van der Waals surface area contributed by atoms with Crippen LogP contribution in [0, 0.1) is 5.92 Å². The summed E-state index contributed by atoms with van der Waals surface area (Å²) in [6.45, 7) is 1.88. The van der Waals surface area contributed by atoms with E-state index < -0.39 is 30.2 Å². The van der Waals surface area contributed by atoms with E-state index in [1.165, 1.54) is 12.8 Å². The monoisotopic (exact) mass is 574 g/mol. The molecule has 40 heavy (non-hydrogen) atoms. The van der Waals surface area contributed by atoms with Gasteiger partial charge in [-0.3, -0.25) is 4.79 Å². The first kappa shape index (κ1) is 32.3. The number of nitrogens with zero attached hydrogens (tertiary/aromatic N) is 1. The number of rotatable bonds is 11. The standard InChI is InChI=1S/C23H32N4O6.C2HF3O2/c28-21(13-19-12-18(27-33-19)7-6-16-8-10-24-11-9-16)25-14-20(22(29)30)26-23(31)32-15-17-4-2-1-3-5-17;3-2(4,5)1(6)7/h1-5,16,19-20,24H,6-15H2,(H,25,28)(H,26,31)(H,29,30);(H,6,7)/t19?,20-;/m0./s1. The van der Waals surface area contributed by atoms with Crippen molar-refractivity contribution in [2.24, 2.45) is 11.1 Å². The first-order chi connectivity index (χ1) is 18.9. The van der Waals surface area contributed by atoms with E-state index in [1.807, 2.05) is 18.2 Å². The van der Waals surface area contributed by atoms with Gasteiger partial charge in [0.15, 0.2) is 0 Å². The lowest BCUT2D eigenvalue weighted by atomic mass is 9.91. The van der Waals surface area contributed by atoms with E-state index in [4.69, 9.17) is 19.5 Å². The van der Waals surface area contributed by atoms with Crippen LogP contribution in [0.4, 0.5) is 18.0 Å². The van der Waals surface area contributed by atoms with E-state index in [2.05, 4.69) is 21.1 Å². The number of benzene rings is 1. The summed E-state index contributed by atoms with van der Waals surface area (Å²) in [4.78, 5) is 49.9. The van der Waals surface area contributed by atoms with Gasteiger partial charge in [-0.1, -0.05) is 35.5 Å². The Balaban J connectivity index is 0.000000708. The van der Waals surface area contributed by atoms with Crippen molar-refractivity contribution in [1.82, 2.24) is 16.0 Å².